The highest BCUT2D eigenvalue weighted by Gasteiger charge is 2.45. The predicted molar refractivity (Wildman–Crippen MR) is 214 cm³/mol. The summed E-state index contributed by atoms with van der Waals surface area (Å²) in [6, 6.07) is 49.3. The third-order valence-electron chi connectivity index (χ3n) is 11.6. The molecule has 52 heavy (non-hydrogen) atoms. The van der Waals surface area contributed by atoms with Crippen molar-refractivity contribution in [1.82, 2.24) is 9.13 Å². The van der Waals surface area contributed by atoms with E-state index in [-0.39, 0.29) is 5.41 Å². The highest BCUT2D eigenvalue weighted by atomic mass is 16.5. The third-order valence-corrected chi connectivity index (χ3v) is 11.6. The van der Waals surface area contributed by atoms with Gasteiger partial charge in [-0.25, -0.2) is 0 Å². The number of nitrogens with zero attached hydrogens (tertiary/aromatic N) is 2. The lowest BCUT2D eigenvalue weighted by Gasteiger charge is -2.47. The molecule has 0 radical (unpaired) electrons. The van der Waals surface area contributed by atoms with Crippen LogP contribution in [-0.4, -0.2) is 49.8 Å². The van der Waals surface area contributed by atoms with E-state index in [9.17, 15) is 0 Å². The van der Waals surface area contributed by atoms with Crippen molar-refractivity contribution in [3.63, 3.8) is 0 Å². The molecule has 260 valence electrons. The van der Waals surface area contributed by atoms with Crippen molar-refractivity contribution in [3.8, 4) is 22.5 Å². The van der Waals surface area contributed by atoms with Gasteiger partial charge in [-0.15, -0.1) is 0 Å². The van der Waals surface area contributed by atoms with Gasteiger partial charge in [0.2, 0.25) is 0 Å². The number of methoxy groups -OCH3 is 2. The molecule has 9 rings (SSSR count). The normalized spacial score (nSPS) is 14.8. The summed E-state index contributed by atoms with van der Waals surface area (Å²) in [5.41, 5.74) is 12.3. The lowest BCUT2D eigenvalue weighted by atomic mass is 9.69. The lowest BCUT2D eigenvalue weighted by molar-refractivity contribution is -0.138. The quantitative estimate of drug-likeness (QED) is 0.136. The molecular weight excluding hydrogens is 641 g/mol. The molecular formula is C47H44N2O3. The van der Waals surface area contributed by atoms with E-state index in [2.05, 4.69) is 150 Å². The number of ether oxygens (including phenoxy) is 3. The zero-order valence-electron chi connectivity index (χ0n) is 30.1. The van der Waals surface area contributed by atoms with Crippen LogP contribution >= 0.6 is 0 Å². The summed E-state index contributed by atoms with van der Waals surface area (Å²) in [5, 5.41) is 5.08. The van der Waals surface area contributed by atoms with E-state index in [1.165, 1.54) is 65.9 Å². The summed E-state index contributed by atoms with van der Waals surface area (Å²) >= 11 is 0. The summed E-state index contributed by atoms with van der Waals surface area (Å²) in [7, 11) is 3.57. The van der Waals surface area contributed by atoms with Crippen LogP contribution in [-0.2, 0) is 20.6 Å². The van der Waals surface area contributed by atoms with Gasteiger partial charge in [0.25, 0.3) is 0 Å². The second kappa shape index (κ2) is 13.4. The van der Waals surface area contributed by atoms with Gasteiger partial charge >= 0.3 is 0 Å². The minimum atomic E-state index is 0.133. The van der Waals surface area contributed by atoms with Crippen molar-refractivity contribution in [2.24, 2.45) is 5.41 Å². The molecule has 0 amide bonds. The van der Waals surface area contributed by atoms with Crippen LogP contribution in [0.1, 0.15) is 30.4 Å². The fourth-order valence-electron chi connectivity index (χ4n) is 8.57. The van der Waals surface area contributed by atoms with Crippen LogP contribution in [0.25, 0.3) is 66.1 Å². The number of hydrogen-bond acceptors (Lipinski definition) is 3. The molecule has 1 saturated heterocycles. The Hall–Kier alpha value is -5.20. The Kier molecular flexibility index (Phi) is 8.43. The van der Waals surface area contributed by atoms with Gasteiger partial charge in [-0.2, -0.15) is 0 Å². The highest BCUT2D eigenvalue weighted by molar-refractivity contribution is 6.10. The Labute approximate surface area is 305 Å². The van der Waals surface area contributed by atoms with Crippen LogP contribution in [0.3, 0.4) is 0 Å². The minimum Gasteiger partial charge on any atom is -0.384 e. The van der Waals surface area contributed by atoms with E-state index in [0.29, 0.717) is 12.5 Å². The van der Waals surface area contributed by atoms with Crippen LogP contribution in [0.2, 0.25) is 0 Å². The second-order valence-corrected chi connectivity index (χ2v) is 14.4. The number of rotatable bonds is 11. The van der Waals surface area contributed by atoms with E-state index < -0.39 is 0 Å². The summed E-state index contributed by atoms with van der Waals surface area (Å²) in [5.74, 6) is 0.294. The average Bonchev–Trinajstić information content (AvgIpc) is 3.69. The molecule has 0 bridgehead atoms. The Morgan fingerprint density at radius 3 is 1.65 bits per heavy atom. The fourth-order valence-corrected chi connectivity index (χ4v) is 8.57. The van der Waals surface area contributed by atoms with Crippen LogP contribution in [0.5, 0.6) is 0 Å². The first-order chi connectivity index (χ1) is 25.6. The van der Waals surface area contributed by atoms with Crippen molar-refractivity contribution in [2.75, 3.05) is 40.6 Å². The van der Waals surface area contributed by atoms with Gasteiger partial charge in [-0.05, 0) is 95.8 Å². The molecule has 1 fully saturated rings. The maximum atomic E-state index is 5.77. The van der Waals surface area contributed by atoms with Crippen LogP contribution in [0, 0.1) is 5.41 Å². The Balaban J connectivity index is 1.05. The van der Waals surface area contributed by atoms with Crippen LogP contribution in [0.15, 0.2) is 133 Å². The Morgan fingerprint density at radius 1 is 0.596 bits per heavy atom. The standard InChI is InChI=1S/C47H44N2O3/c1-4-47(30-52-31-47)42(29-51-3)35-18-24-46-41(28-35)39-10-6-8-12-44(39)49(46)37-21-16-34(17-22-37)33-14-19-36(20-15-33)48-43-11-7-5-9-38(43)40-27-32(25-26-50-2)13-23-45(40)48/h5-24,27-28,42H,4,25-26,29-31H2,1-3H3. The largest absolute Gasteiger partial charge is 0.384 e. The maximum absolute atomic E-state index is 5.77. The Morgan fingerprint density at radius 2 is 1.13 bits per heavy atom. The first kappa shape index (κ1) is 32.7. The first-order valence-corrected chi connectivity index (χ1v) is 18.4. The molecule has 2 aromatic heterocycles. The Bertz CT molecular complexity index is 2530. The number of benzene rings is 6. The van der Waals surface area contributed by atoms with E-state index >= 15 is 0 Å². The van der Waals surface area contributed by atoms with E-state index in [1.54, 1.807) is 7.11 Å². The molecule has 1 aliphatic rings. The first-order valence-electron chi connectivity index (χ1n) is 18.4. The number of fused-ring (bicyclic) bond motifs is 6. The van der Waals surface area contributed by atoms with Crippen molar-refractivity contribution in [3.05, 3.63) is 145 Å². The maximum Gasteiger partial charge on any atom is 0.0551 e. The molecule has 0 N–H and O–H groups in total. The highest BCUT2D eigenvalue weighted by Crippen LogP contribution is 2.46. The summed E-state index contributed by atoms with van der Waals surface area (Å²) in [6.07, 6.45) is 1.98. The predicted octanol–water partition coefficient (Wildman–Crippen LogP) is 10.9. The third kappa shape index (κ3) is 5.35. The topological polar surface area (TPSA) is 37.5 Å². The molecule has 0 aliphatic carbocycles. The summed E-state index contributed by atoms with van der Waals surface area (Å²) in [6.45, 7) is 5.28. The number of hydrogen-bond donors (Lipinski definition) is 0. The number of aromatic nitrogens is 2. The molecule has 1 aliphatic heterocycles. The van der Waals surface area contributed by atoms with Gasteiger partial charge in [0.15, 0.2) is 0 Å². The van der Waals surface area contributed by atoms with Crippen molar-refractivity contribution < 1.29 is 14.2 Å². The van der Waals surface area contributed by atoms with Gasteiger partial charge in [0.05, 0.1) is 48.5 Å². The molecule has 8 aromatic rings. The molecule has 1 unspecified atom stereocenters. The zero-order valence-corrected chi connectivity index (χ0v) is 30.1. The van der Waals surface area contributed by atoms with E-state index in [4.69, 9.17) is 14.2 Å². The lowest BCUT2D eigenvalue weighted by Crippen LogP contribution is -2.48. The SMILES string of the molecule is CCC1(C(COC)c2ccc3c(c2)c2ccccc2n3-c2ccc(-c3ccc(-n4c5ccccc5c5cc(CCOC)ccc54)cc3)cc2)COC1. The van der Waals surface area contributed by atoms with Crippen molar-refractivity contribution in [2.45, 2.75) is 25.7 Å². The summed E-state index contributed by atoms with van der Waals surface area (Å²) < 4.78 is 21.6. The van der Waals surface area contributed by atoms with Gasteiger partial charge in [0.1, 0.15) is 0 Å². The molecule has 5 nitrogen and oxygen atoms in total. The fraction of sp³-hybridized carbons (Fsp3) is 0.234. The molecule has 1 atom stereocenters. The van der Waals surface area contributed by atoms with Gasteiger partial charge < -0.3 is 23.3 Å². The van der Waals surface area contributed by atoms with Gasteiger partial charge in [-0.3, -0.25) is 0 Å². The monoisotopic (exact) mass is 684 g/mol. The van der Waals surface area contributed by atoms with Crippen LogP contribution in [0.4, 0.5) is 0 Å². The molecule has 5 heteroatoms. The molecule has 0 spiro atoms. The smallest absolute Gasteiger partial charge is 0.0551 e. The van der Waals surface area contributed by atoms with Crippen molar-refractivity contribution >= 4 is 43.6 Å². The van der Waals surface area contributed by atoms with Gasteiger partial charge in [0, 0.05) is 58.5 Å². The van der Waals surface area contributed by atoms with E-state index in [0.717, 1.165) is 44.0 Å². The van der Waals surface area contributed by atoms with E-state index in [1.807, 2.05) is 7.11 Å². The minimum absolute atomic E-state index is 0.133. The van der Waals surface area contributed by atoms with Crippen molar-refractivity contribution in [1.29, 1.82) is 0 Å². The van der Waals surface area contributed by atoms with Crippen LogP contribution < -0.4 is 0 Å². The average molecular weight is 685 g/mol. The molecule has 3 heterocycles. The molecule has 6 aromatic carbocycles. The molecule has 0 saturated carbocycles. The second-order valence-electron chi connectivity index (χ2n) is 14.4. The number of para-hydroxylation sites is 2. The summed E-state index contributed by atoms with van der Waals surface area (Å²) in [4.78, 5) is 0. The van der Waals surface area contributed by atoms with Gasteiger partial charge in [-0.1, -0.05) is 79.7 Å². The zero-order chi connectivity index (χ0) is 35.2.